The number of rotatable bonds is 1. The Balaban J connectivity index is 2.52. The van der Waals surface area contributed by atoms with Crippen molar-refractivity contribution in [2.75, 3.05) is 6.61 Å². The van der Waals surface area contributed by atoms with Crippen molar-refractivity contribution in [3.05, 3.63) is 6.61 Å². The zero-order valence-electron chi connectivity index (χ0n) is 5.79. The van der Waals surface area contributed by atoms with Gasteiger partial charge in [0.05, 0.1) is 6.61 Å². The van der Waals surface area contributed by atoms with E-state index in [9.17, 15) is 0 Å². The molecule has 4 atom stereocenters. The van der Waals surface area contributed by atoms with Gasteiger partial charge in [-0.05, 0) is 0 Å². The molecule has 0 aliphatic carbocycles. The van der Waals surface area contributed by atoms with E-state index in [1.54, 1.807) is 0 Å². The SMILES string of the molecule is OC[C@H]1O[CH][C@H](O)[C@@H](O)[C@@H]1O. The van der Waals surface area contributed by atoms with E-state index >= 15 is 0 Å². The van der Waals surface area contributed by atoms with E-state index in [1.807, 2.05) is 0 Å². The van der Waals surface area contributed by atoms with Crippen molar-refractivity contribution in [2.24, 2.45) is 0 Å². The van der Waals surface area contributed by atoms with Crippen LogP contribution < -0.4 is 0 Å². The van der Waals surface area contributed by atoms with Crippen molar-refractivity contribution in [1.82, 2.24) is 0 Å². The minimum atomic E-state index is -1.28. The number of aliphatic hydroxyl groups is 4. The summed E-state index contributed by atoms with van der Waals surface area (Å²) in [5.41, 5.74) is 0. The van der Waals surface area contributed by atoms with Crippen molar-refractivity contribution in [2.45, 2.75) is 24.4 Å². The van der Waals surface area contributed by atoms with Gasteiger partial charge in [-0.1, -0.05) is 0 Å². The van der Waals surface area contributed by atoms with E-state index in [2.05, 4.69) is 4.74 Å². The van der Waals surface area contributed by atoms with E-state index < -0.39 is 24.4 Å². The summed E-state index contributed by atoms with van der Waals surface area (Å²) in [5.74, 6) is 0. The molecule has 0 spiro atoms. The smallest absolute Gasteiger partial charge is 0.115 e. The quantitative estimate of drug-likeness (QED) is 0.346. The van der Waals surface area contributed by atoms with Crippen LogP contribution in [0.25, 0.3) is 0 Å². The van der Waals surface area contributed by atoms with Gasteiger partial charge >= 0.3 is 0 Å². The summed E-state index contributed by atoms with van der Waals surface area (Å²) in [6, 6.07) is 0. The van der Waals surface area contributed by atoms with Crippen LogP contribution in [0.3, 0.4) is 0 Å². The molecular weight excluding hydrogens is 152 g/mol. The highest BCUT2D eigenvalue weighted by Gasteiger charge is 2.37. The standard InChI is InChI=1S/C6H11O5/c7-1-4-6(10)5(9)3(8)2-11-4/h2-10H,1H2/t3-,4+,5+,6+/m0/s1. The topological polar surface area (TPSA) is 90.2 Å². The first kappa shape index (κ1) is 8.89. The molecule has 0 aromatic carbocycles. The fourth-order valence-electron chi connectivity index (χ4n) is 0.915. The van der Waals surface area contributed by atoms with E-state index in [4.69, 9.17) is 20.4 Å². The summed E-state index contributed by atoms with van der Waals surface area (Å²) in [6.45, 7) is 0.611. The minimum absolute atomic E-state index is 0.387. The summed E-state index contributed by atoms with van der Waals surface area (Å²) in [5, 5.41) is 35.6. The monoisotopic (exact) mass is 163 g/mol. The van der Waals surface area contributed by atoms with E-state index in [0.717, 1.165) is 6.61 Å². The Morgan fingerprint density at radius 3 is 2.36 bits per heavy atom. The van der Waals surface area contributed by atoms with Gasteiger partial charge in [0.15, 0.2) is 0 Å². The average Bonchev–Trinajstić information content (AvgIpc) is 2.01. The van der Waals surface area contributed by atoms with Gasteiger partial charge in [0, 0.05) is 0 Å². The second-order valence-corrected chi connectivity index (χ2v) is 2.46. The zero-order chi connectivity index (χ0) is 8.43. The molecule has 0 unspecified atom stereocenters. The van der Waals surface area contributed by atoms with E-state index in [-0.39, 0.29) is 6.61 Å². The molecule has 0 amide bonds. The molecule has 65 valence electrons. The lowest BCUT2D eigenvalue weighted by Gasteiger charge is -2.33. The Kier molecular flexibility index (Phi) is 2.80. The van der Waals surface area contributed by atoms with Gasteiger partial charge in [-0.25, -0.2) is 0 Å². The van der Waals surface area contributed by atoms with Crippen LogP contribution in [0.1, 0.15) is 0 Å². The van der Waals surface area contributed by atoms with E-state index in [0.29, 0.717) is 0 Å². The summed E-state index contributed by atoms with van der Waals surface area (Å²) in [4.78, 5) is 0. The summed E-state index contributed by atoms with van der Waals surface area (Å²) in [6.07, 6.45) is -4.54. The summed E-state index contributed by atoms with van der Waals surface area (Å²) < 4.78 is 4.69. The lowest BCUT2D eigenvalue weighted by atomic mass is 10.0. The Morgan fingerprint density at radius 1 is 1.18 bits per heavy atom. The molecule has 1 radical (unpaired) electrons. The molecule has 1 fully saturated rings. The third-order valence-electron chi connectivity index (χ3n) is 1.65. The highest BCUT2D eigenvalue weighted by Crippen LogP contribution is 2.17. The second-order valence-electron chi connectivity index (χ2n) is 2.46. The van der Waals surface area contributed by atoms with Crippen LogP contribution in [0, 0.1) is 6.61 Å². The largest absolute Gasteiger partial charge is 0.394 e. The number of hydrogen-bond acceptors (Lipinski definition) is 5. The van der Waals surface area contributed by atoms with Gasteiger partial charge < -0.3 is 25.2 Å². The summed E-state index contributed by atoms with van der Waals surface area (Å²) >= 11 is 0. The maximum atomic E-state index is 9.09. The maximum absolute atomic E-state index is 9.09. The molecule has 1 saturated heterocycles. The average molecular weight is 163 g/mol. The molecule has 5 heteroatoms. The van der Waals surface area contributed by atoms with Crippen LogP contribution in [0.2, 0.25) is 0 Å². The van der Waals surface area contributed by atoms with Gasteiger partial charge in [-0.3, -0.25) is 0 Å². The number of hydrogen-bond donors (Lipinski definition) is 4. The predicted molar refractivity (Wildman–Crippen MR) is 34.3 cm³/mol. The fraction of sp³-hybridized carbons (Fsp3) is 0.833. The molecule has 4 N–H and O–H groups in total. The molecule has 11 heavy (non-hydrogen) atoms. The number of aliphatic hydroxyl groups excluding tert-OH is 4. The van der Waals surface area contributed by atoms with Crippen molar-refractivity contribution in [3.63, 3.8) is 0 Å². The van der Waals surface area contributed by atoms with Crippen molar-refractivity contribution in [3.8, 4) is 0 Å². The van der Waals surface area contributed by atoms with E-state index in [1.165, 1.54) is 0 Å². The molecule has 1 aliphatic rings. The third-order valence-corrected chi connectivity index (χ3v) is 1.65. The lowest BCUT2D eigenvalue weighted by Crippen LogP contribution is -2.52. The van der Waals surface area contributed by atoms with Crippen LogP contribution in [-0.2, 0) is 4.74 Å². The maximum Gasteiger partial charge on any atom is 0.115 e. The van der Waals surface area contributed by atoms with Gasteiger partial charge in [0.2, 0.25) is 0 Å². The third kappa shape index (κ3) is 1.69. The van der Waals surface area contributed by atoms with Crippen molar-refractivity contribution in [1.29, 1.82) is 0 Å². The van der Waals surface area contributed by atoms with Gasteiger partial charge in [-0.2, -0.15) is 0 Å². The lowest BCUT2D eigenvalue weighted by molar-refractivity contribution is -0.169. The Hall–Kier alpha value is -0.200. The predicted octanol–water partition coefficient (Wildman–Crippen LogP) is -2.38. The molecule has 0 bridgehead atoms. The molecule has 1 rings (SSSR count). The molecule has 1 heterocycles. The Bertz CT molecular complexity index is 126. The fourth-order valence-corrected chi connectivity index (χ4v) is 0.915. The molecule has 5 nitrogen and oxygen atoms in total. The molecule has 0 aromatic heterocycles. The Labute approximate surface area is 63.8 Å². The second kappa shape index (κ2) is 3.46. The normalized spacial score (nSPS) is 45.8. The van der Waals surface area contributed by atoms with Gasteiger partial charge in [0.25, 0.3) is 0 Å². The summed E-state index contributed by atoms with van der Waals surface area (Å²) in [7, 11) is 0. The van der Waals surface area contributed by atoms with Crippen LogP contribution >= 0.6 is 0 Å². The van der Waals surface area contributed by atoms with Crippen LogP contribution in [0.15, 0.2) is 0 Å². The molecule has 1 aliphatic heterocycles. The zero-order valence-corrected chi connectivity index (χ0v) is 5.79. The first-order valence-electron chi connectivity index (χ1n) is 3.30. The Morgan fingerprint density at radius 2 is 1.82 bits per heavy atom. The minimum Gasteiger partial charge on any atom is -0.394 e. The molecule has 0 saturated carbocycles. The number of ether oxygens (including phenoxy) is 1. The van der Waals surface area contributed by atoms with Gasteiger partial charge in [0.1, 0.15) is 31.0 Å². The molecule has 0 aromatic rings. The molecular formula is C6H11O5. The highest BCUT2D eigenvalue weighted by molar-refractivity contribution is 4.91. The van der Waals surface area contributed by atoms with Crippen LogP contribution in [-0.4, -0.2) is 51.4 Å². The first-order chi connectivity index (χ1) is 5.16. The van der Waals surface area contributed by atoms with Crippen LogP contribution in [0.4, 0.5) is 0 Å². The first-order valence-corrected chi connectivity index (χ1v) is 3.30. The van der Waals surface area contributed by atoms with Gasteiger partial charge in [-0.15, -0.1) is 0 Å². The van der Waals surface area contributed by atoms with Crippen LogP contribution in [0.5, 0.6) is 0 Å². The highest BCUT2D eigenvalue weighted by atomic mass is 16.5. The van der Waals surface area contributed by atoms with Crippen molar-refractivity contribution >= 4 is 0 Å². The van der Waals surface area contributed by atoms with Crippen molar-refractivity contribution < 1.29 is 25.2 Å².